The summed E-state index contributed by atoms with van der Waals surface area (Å²) in [6.45, 7) is 8.67. The summed E-state index contributed by atoms with van der Waals surface area (Å²) in [5, 5.41) is 0.582. The van der Waals surface area contributed by atoms with Crippen LogP contribution in [0.15, 0.2) is 12.1 Å². The van der Waals surface area contributed by atoms with Crippen molar-refractivity contribution in [2.24, 2.45) is 5.92 Å². The van der Waals surface area contributed by atoms with Gasteiger partial charge in [-0.2, -0.15) is 0 Å². The number of rotatable bonds is 4. The Morgan fingerprint density at radius 1 is 1.24 bits per heavy atom. The summed E-state index contributed by atoms with van der Waals surface area (Å²) in [4.78, 5) is 16.3. The Labute approximate surface area is 153 Å². The molecule has 2 aliphatic rings. The van der Waals surface area contributed by atoms with Crippen molar-refractivity contribution in [1.82, 2.24) is 9.80 Å². The molecule has 2 aliphatic heterocycles. The van der Waals surface area contributed by atoms with Gasteiger partial charge in [0.1, 0.15) is 0 Å². The molecule has 0 bridgehead atoms. The van der Waals surface area contributed by atoms with Crippen molar-refractivity contribution in [3.05, 3.63) is 22.7 Å². The van der Waals surface area contributed by atoms with Crippen LogP contribution in [0.3, 0.4) is 0 Å². The number of hydrogen-bond donors (Lipinski definition) is 0. The molecule has 0 atom stereocenters. The summed E-state index contributed by atoms with van der Waals surface area (Å²) in [5.74, 6) is 1.68. The van der Waals surface area contributed by atoms with Crippen LogP contribution >= 0.6 is 11.6 Å². The highest BCUT2D eigenvalue weighted by molar-refractivity contribution is 6.32. The maximum atomic E-state index is 12.1. The van der Waals surface area contributed by atoms with Crippen molar-refractivity contribution < 1.29 is 19.0 Å². The average Bonchev–Trinajstić information content (AvgIpc) is 2.92. The van der Waals surface area contributed by atoms with Gasteiger partial charge >= 0.3 is 6.09 Å². The molecule has 0 unspecified atom stereocenters. The molecule has 138 valence electrons. The fourth-order valence-electron chi connectivity index (χ4n) is 3.01. The minimum atomic E-state index is -0.207. The largest absolute Gasteiger partial charge is 0.454 e. The quantitative estimate of drug-likeness (QED) is 0.815. The van der Waals surface area contributed by atoms with E-state index in [0.29, 0.717) is 35.6 Å². The second-order valence-corrected chi connectivity index (χ2v) is 7.31. The van der Waals surface area contributed by atoms with E-state index >= 15 is 0 Å². The van der Waals surface area contributed by atoms with Gasteiger partial charge in [-0.1, -0.05) is 25.4 Å². The van der Waals surface area contributed by atoms with E-state index in [0.717, 1.165) is 38.2 Å². The first-order valence-corrected chi connectivity index (χ1v) is 9.13. The first-order valence-electron chi connectivity index (χ1n) is 8.75. The SMILES string of the molecule is CC(C)COC(=O)N1CCCN(Cc2cc(Cl)c3c(c2)OCO3)CC1. The van der Waals surface area contributed by atoms with E-state index in [1.165, 1.54) is 0 Å². The maximum Gasteiger partial charge on any atom is 0.409 e. The van der Waals surface area contributed by atoms with Gasteiger partial charge in [0, 0.05) is 32.7 Å². The van der Waals surface area contributed by atoms with Crippen molar-refractivity contribution in [3.8, 4) is 11.5 Å². The zero-order valence-corrected chi connectivity index (χ0v) is 15.6. The number of benzene rings is 1. The van der Waals surface area contributed by atoms with Crippen LogP contribution in [-0.2, 0) is 11.3 Å². The molecule has 1 amide bonds. The lowest BCUT2D eigenvalue weighted by atomic mass is 10.2. The summed E-state index contributed by atoms with van der Waals surface area (Å²) >= 11 is 6.26. The van der Waals surface area contributed by atoms with E-state index in [9.17, 15) is 4.79 Å². The Kier molecular flexibility index (Phi) is 5.91. The lowest BCUT2D eigenvalue weighted by Crippen LogP contribution is -2.36. The number of fused-ring (bicyclic) bond motifs is 1. The molecule has 1 aromatic carbocycles. The standard InChI is InChI=1S/C18H25ClN2O4/c1-13(2)11-23-18(22)21-5-3-4-20(6-7-21)10-14-8-15(19)17-16(9-14)24-12-25-17/h8-9,13H,3-7,10-12H2,1-2H3. The summed E-state index contributed by atoms with van der Waals surface area (Å²) < 4.78 is 16.1. The number of amides is 1. The second kappa shape index (κ2) is 8.15. The number of carbonyl (C=O) groups is 1. The van der Waals surface area contributed by atoms with E-state index < -0.39 is 0 Å². The highest BCUT2D eigenvalue weighted by Crippen LogP contribution is 2.40. The maximum absolute atomic E-state index is 12.1. The molecular formula is C18H25ClN2O4. The topological polar surface area (TPSA) is 51.2 Å². The van der Waals surface area contributed by atoms with Crippen LogP contribution in [0.25, 0.3) is 0 Å². The molecule has 0 N–H and O–H groups in total. The molecule has 6 nitrogen and oxygen atoms in total. The Bertz CT molecular complexity index is 623. The van der Waals surface area contributed by atoms with Crippen LogP contribution in [0.4, 0.5) is 4.79 Å². The molecular weight excluding hydrogens is 344 g/mol. The smallest absolute Gasteiger partial charge is 0.409 e. The Morgan fingerprint density at radius 2 is 2.08 bits per heavy atom. The lowest BCUT2D eigenvalue weighted by Gasteiger charge is -2.22. The van der Waals surface area contributed by atoms with Gasteiger partial charge in [0.25, 0.3) is 0 Å². The van der Waals surface area contributed by atoms with E-state index in [4.69, 9.17) is 25.8 Å². The summed E-state index contributed by atoms with van der Waals surface area (Å²) in [6.07, 6.45) is 0.719. The lowest BCUT2D eigenvalue weighted by molar-refractivity contribution is 0.0930. The fourth-order valence-corrected chi connectivity index (χ4v) is 3.30. The molecule has 0 radical (unpaired) electrons. The zero-order chi connectivity index (χ0) is 17.8. The van der Waals surface area contributed by atoms with E-state index in [1.54, 1.807) is 4.90 Å². The van der Waals surface area contributed by atoms with Gasteiger partial charge in [-0.05, 0) is 30.0 Å². The normalized spacial score (nSPS) is 17.7. The Balaban J connectivity index is 1.55. The molecule has 2 heterocycles. The van der Waals surface area contributed by atoms with Gasteiger partial charge in [-0.15, -0.1) is 0 Å². The first-order chi connectivity index (χ1) is 12.0. The zero-order valence-electron chi connectivity index (χ0n) is 14.8. The summed E-state index contributed by atoms with van der Waals surface area (Å²) in [6, 6.07) is 3.91. The third-order valence-corrected chi connectivity index (χ3v) is 4.56. The Hall–Kier alpha value is -1.66. The molecule has 25 heavy (non-hydrogen) atoms. The molecule has 1 aromatic rings. The van der Waals surface area contributed by atoms with Crippen LogP contribution in [-0.4, -0.2) is 55.5 Å². The monoisotopic (exact) mass is 368 g/mol. The average molecular weight is 369 g/mol. The number of halogens is 1. The van der Waals surface area contributed by atoms with E-state index in [-0.39, 0.29) is 12.9 Å². The van der Waals surface area contributed by atoms with Crippen LogP contribution < -0.4 is 9.47 Å². The molecule has 7 heteroatoms. The number of hydrogen-bond acceptors (Lipinski definition) is 5. The van der Waals surface area contributed by atoms with Crippen LogP contribution in [0.1, 0.15) is 25.8 Å². The van der Waals surface area contributed by atoms with Crippen LogP contribution in [0.5, 0.6) is 11.5 Å². The summed E-state index contributed by atoms with van der Waals surface area (Å²) in [7, 11) is 0. The molecule has 0 aromatic heterocycles. The molecule has 1 saturated heterocycles. The third kappa shape index (κ3) is 4.70. The predicted octanol–water partition coefficient (Wildman–Crippen LogP) is 3.37. The fraction of sp³-hybridized carbons (Fsp3) is 0.611. The van der Waals surface area contributed by atoms with Crippen molar-refractivity contribution in [2.45, 2.75) is 26.8 Å². The van der Waals surface area contributed by atoms with Gasteiger partial charge in [0.15, 0.2) is 11.5 Å². The van der Waals surface area contributed by atoms with Gasteiger partial charge in [0.05, 0.1) is 11.6 Å². The molecule has 0 spiro atoms. The van der Waals surface area contributed by atoms with Crippen LogP contribution in [0, 0.1) is 5.92 Å². The number of nitrogens with zero attached hydrogens (tertiary/aromatic N) is 2. The number of ether oxygens (including phenoxy) is 3. The second-order valence-electron chi connectivity index (χ2n) is 6.90. The predicted molar refractivity (Wildman–Crippen MR) is 95.2 cm³/mol. The minimum Gasteiger partial charge on any atom is -0.454 e. The third-order valence-electron chi connectivity index (χ3n) is 4.28. The molecule has 0 aliphatic carbocycles. The molecule has 1 fully saturated rings. The van der Waals surface area contributed by atoms with Gasteiger partial charge in [-0.25, -0.2) is 4.79 Å². The van der Waals surface area contributed by atoms with Gasteiger partial charge < -0.3 is 19.1 Å². The number of carbonyl (C=O) groups excluding carboxylic acids is 1. The Morgan fingerprint density at radius 3 is 2.88 bits per heavy atom. The van der Waals surface area contributed by atoms with Crippen LogP contribution in [0.2, 0.25) is 5.02 Å². The highest BCUT2D eigenvalue weighted by Gasteiger charge is 2.22. The van der Waals surface area contributed by atoms with Gasteiger partial charge in [0.2, 0.25) is 6.79 Å². The minimum absolute atomic E-state index is 0.207. The summed E-state index contributed by atoms with van der Waals surface area (Å²) in [5.41, 5.74) is 1.09. The van der Waals surface area contributed by atoms with Crippen molar-refractivity contribution in [3.63, 3.8) is 0 Å². The van der Waals surface area contributed by atoms with Gasteiger partial charge in [-0.3, -0.25) is 4.90 Å². The van der Waals surface area contributed by atoms with Crippen molar-refractivity contribution in [1.29, 1.82) is 0 Å². The molecule has 0 saturated carbocycles. The first kappa shape index (κ1) is 18.1. The van der Waals surface area contributed by atoms with Crippen molar-refractivity contribution >= 4 is 17.7 Å². The van der Waals surface area contributed by atoms with E-state index in [2.05, 4.69) is 4.90 Å². The van der Waals surface area contributed by atoms with Crippen molar-refractivity contribution in [2.75, 3.05) is 39.6 Å². The van der Waals surface area contributed by atoms with E-state index in [1.807, 2.05) is 26.0 Å². The highest BCUT2D eigenvalue weighted by atomic mass is 35.5. The molecule has 3 rings (SSSR count).